The maximum absolute atomic E-state index is 5.25. The Morgan fingerprint density at radius 1 is 1.22 bits per heavy atom. The number of nitrogens with zero attached hydrogens (tertiary/aromatic N) is 5. The first-order valence-electron chi connectivity index (χ1n) is 7.80. The molecule has 0 atom stereocenters. The molecule has 0 radical (unpaired) electrons. The van der Waals surface area contributed by atoms with Crippen LogP contribution in [0, 0.1) is 0 Å². The van der Waals surface area contributed by atoms with Gasteiger partial charge in [0.1, 0.15) is 5.82 Å². The standard InChI is InChI=1S/C16H17N5OS/c1-2-13-17-14(22-20-13)10-23-16-19-18-15(11-8-9-11)21(16)12-6-4-3-5-7-12/h3-7,11H,2,8-10H2,1H3. The Bertz CT molecular complexity index is 794. The van der Waals surface area contributed by atoms with E-state index in [1.165, 1.54) is 12.8 Å². The molecule has 2 heterocycles. The van der Waals surface area contributed by atoms with Crippen LogP contribution in [-0.2, 0) is 12.2 Å². The number of para-hydroxylation sites is 1. The molecule has 1 aliphatic rings. The number of benzene rings is 1. The van der Waals surface area contributed by atoms with Crippen LogP contribution in [0.15, 0.2) is 40.0 Å². The van der Waals surface area contributed by atoms with E-state index in [1.807, 2.05) is 25.1 Å². The minimum Gasteiger partial charge on any atom is -0.338 e. The average Bonchev–Trinajstić information content (AvgIpc) is 3.19. The van der Waals surface area contributed by atoms with Gasteiger partial charge in [0.05, 0.1) is 5.75 Å². The summed E-state index contributed by atoms with van der Waals surface area (Å²) in [4.78, 5) is 4.34. The molecule has 0 aliphatic heterocycles. The maximum Gasteiger partial charge on any atom is 0.237 e. The zero-order chi connectivity index (χ0) is 15.6. The molecule has 0 spiro atoms. The van der Waals surface area contributed by atoms with Crippen molar-refractivity contribution in [3.63, 3.8) is 0 Å². The molecule has 1 aliphatic carbocycles. The first-order valence-corrected chi connectivity index (χ1v) is 8.78. The maximum atomic E-state index is 5.25. The van der Waals surface area contributed by atoms with Gasteiger partial charge in [-0.2, -0.15) is 4.98 Å². The third-order valence-corrected chi connectivity index (χ3v) is 4.68. The van der Waals surface area contributed by atoms with Crippen LogP contribution in [-0.4, -0.2) is 24.9 Å². The molecule has 23 heavy (non-hydrogen) atoms. The third kappa shape index (κ3) is 3.01. The smallest absolute Gasteiger partial charge is 0.237 e. The average molecular weight is 327 g/mol. The van der Waals surface area contributed by atoms with Crippen molar-refractivity contribution < 1.29 is 4.52 Å². The second-order valence-corrected chi connectivity index (χ2v) is 6.48. The molecule has 0 saturated heterocycles. The highest BCUT2D eigenvalue weighted by molar-refractivity contribution is 7.98. The monoisotopic (exact) mass is 327 g/mol. The van der Waals surface area contributed by atoms with Crippen molar-refractivity contribution in [2.45, 2.75) is 43.0 Å². The summed E-state index contributed by atoms with van der Waals surface area (Å²) in [5.41, 5.74) is 1.10. The van der Waals surface area contributed by atoms with Crippen LogP contribution in [0.25, 0.3) is 5.69 Å². The van der Waals surface area contributed by atoms with Gasteiger partial charge in [0.25, 0.3) is 0 Å². The second kappa shape index (κ2) is 6.16. The minimum absolute atomic E-state index is 0.534. The van der Waals surface area contributed by atoms with E-state index in [1.54, 1.807) is 11.8 Å². The van der Waals surface area contributed by atoms with Crippen molar-refractivity contribution in [3.8, 4) is 5.69 Å². The zero-order valence-electron chi connectivity index (χ0n) is 12.8. The summed E-state index contributed by atoms with van der Waals surface area (Å²) in [6, 6.07) is 10.3. The van der Waals surface area contributed by atoms with E-state index < -0.39 is 0 Å². The summed E-state index contributed by atoms with van der Waals surface area (Å²) in [5, 5.41) is 13.6. The predicted octanol–water partition coefficient (Wildman–Crippen LogP) is 3.38. The van der Waals surface area contributed by atoms with E-state index in [0.29, 0.717) is 17.6 Å². The van der Waals surface area contributed by atoms with Crippen molar-refractivity contribution in [2.24, 2.45) is 0 Å². The lowest BCUT2D eigenvalue weighted by Gasteiger charge is -2.08. The molecule has 6 nitrogen and oxygen atoms in total. The summed E-state index contributed by atoms with van der Waals surface area (Å²) < 4.78 is 7.40. The van der Waals surface area contributed by atoms with Crippen molar-refractivity contribution in [1.82, 2.24) is 24.9 Å². The molecule has 3 aromatic rings. The van der Waals surface area contributed by atoms with Gasteiger partial charge >= 0.3 is 0 Å². The summed E-state index contributed by atoms with van der Waals surface area (Å²) in [6.07, 6.45) is 3.17. The Labute approximate surface area is 138 Å². The largest absolute Gasteiger partial charge is 0.338 e. The van der Waals surface area contributed by atoms with Gasteiger partial charge in [-0.1, -0.05) is 42.0 Å². The van der Waals surface area contributed by atoms with Crippen molar-refractivity contribution in [3.05, 3.63) is 47.9 Å². The first kappa shape index (κ1) is 14.4. The fraction of sp³-hybridized carbons (Fsp3) is 0.375. The summed E-state index contributed by atoms with van der Waals surface area (Å²) >= 11 is 1.58. The van der Waals surface area contributed by atoms with Crippen LogP contribution >= 0.6 is 11.8 Å². The molecule has 7 heteroatoms. The van der Waals surface area contributed by atoms with E-state index in [0.717, 1.165) is 28.9 Å². The van der Waals surface area contributed by atoms with Crippen LogP contribution in [0.3, 0.4) is 0 Å². The molecule has 0 bridgehead atoms. The zero-order valence-corrected chi connectivity index (χ0v) is 13.7. The number of aryl methyl sites for hydroxylation is 1. The van der Waals surface area contributed by atoms with E-state index in [2.05, 4.69) is 37.0 Å². The topological polar surface area (TPSA) is 69.6 Å². The van der Waals surface area contributed by atoms with E-state index in [4.69, 9.17) is 4.52 Å². The Kier molecular flexibility index (Phi) is 3.87. The Morgan fingerprint density at radius 2 is 2.04 bits per heavy atom. The summed E-state index contributed by atoms with van der Waals surface area (Å²) in [6.45, 7) is 2.01. The molecule has 1 saturated carbocycles. The highest BCUT2D eigenvalue weighted by Gasteiger charge is 2.31. The molecule has 0 unspecified atom stereocenters. The number of rotatable bonds is 6. The van der Waals surface area contributed by atoms with Gasteiger partial charge < -0.3 is 4.52 Å². The number of aromatic nitrogens is 5. The lowest BCUT2D eigenvalue weighted by molar-refractivity contribution is 0.385. The molecule has 118 valence electrons. The number of thioether (sulfide) groups is 1. The molecule has 0 amide bonds. The van der Waals surface area contributed by atoms with Gasteiger partial charge in [0, 0.05) is 18.0 Å². The quantitative estimate of drug-likeness (QED) is 0.646. The minimum atomic E-state index is 0.534. The molecule has 2 aromatic heterocycles. The van der Waals surface area contributed by atoms with Gasteiger partial charge in [0.2, 0.25) is 5.89 Å². The molecule has 4 rings (SSSR count). The highest BCUT2D eigenvalue weighted by Crippen LogP contribution is 2.41. The SMILES string of the molecule is CCc1noc(CSc2nnc(C3CC3)n2-c2ccccc2)n1. The van der Waals surface area contributed by atoms with Crippen molar-refractivity contribution in [2.75, 3.05) is 0 Å². The highest BCUT2D eigenvalue weighted by atomic mass is 32.2. The predicted molar refractivity (Wildman–Crippen MR) is 86.6 cm³/mol. The van der Waals surface area contributed by atoms with E-state index in [9.17, 15) is 0 Å². The Hall–Kier alpha value is -2.15. The van der Waals surface area contributed by atoms with Crippen molar-refractivity contribution in [1.29, 1.82) is 0 Å². The Morgan fingerprint density at radius 3 is 2.74 bits per heavy atom. The molecule has 1 aromatic carbocycles. The molecule has 1 fully saturated rings. The lowest BCUT2D eigenvalue weighted by Crippen LogP contribution is -2.01. The number of hydrogen-bond acceptors (Lipinski definition) is 6. The van der Waals surface area contributed by atoms with E-state index >= 15 is 0 Å². The van der Waals surface area contributed by atoms with Gasteiger partial charge in [-0.25, -0.2) is 0 Å². The van der Waals surface area contributed by atoms with Crippen molar-refractivity contribution >= 4 is 11.8 Å². The van der Waals surface area contributed by atoms with Gasteiger partial charge in [-0.05, 0) is 25.0 Å². The van der Waals surface area contributed by atoms with Gasteiger partial charge in [-0.3, -0.25) is 4.57 Å². The summed E-state index contributed by atoms with van der Waals surface area (Å²) in [5.74, 6) is 3.56. The first-order chi connectivity index (χ1) is 11.3. The van der Waals surface area contributed by atoms with Crippen LogP contribution in [0.2, 0.25) is 0 Å². The number of hydrogen-bond donors (Lipinski definition) is 0. The fourth-order valence-corrected chi connectivity index (χ4v) is 3.22. The Balaban J connectivity index is 1.60. The van der Waals surface area contributed by atoms with Gasteiger partial charge in [-0.15, -0.1) is 10.2 Å². The van der Waals surface area contributed by atoms with Gasteiger partial charge in [0.15, 0.2) is 11.0 Å². The van der Waals surface area contributed by atoms with Crippen LogP contribution < -0.4 is 0 Å². The molecular weight excluding hydrogens is 310 g/mol. The summed E-state index contributed by atoms with van der Waals surface area (Å²) in [7, 11) is 0. The second-order valence-electron chi connectivity index (χ2n) is 5.53. The fourth-order valence-electron chi connectivity index (χ4n) is 2.42. The van der Waals surface area contributed by atoms with Crippen LogP contribution in [0.5, 0.6) is 0 Å². The molecule has 0 N–H and O–H groups in total. The van der Waals surface area contributed by atoms with E-state index in [-0.39, 0.29) is 0 Å². The van der Waals surface area contributed by atoms with Crippen LogP contribution in [0.1, 0.15) is 43.2 Å². The molecular formula is C16H17N5OS. The lowest BCUT2D eigenvalue weighted by atomic mass is 10.3. The normalized spacial score (nSPS) is 14.3. The van der Waals surface area contributed by atoms with Crippen LogP contribution in [0.4, 0.5) is 0 Å². The third-order valence-electron chi connectivity index (χ3n) is 3.77.